The van der Waals surface area contributed by atoms with Crippen LogP contribution in [0.3, 0.4) is 0 Å². The van der Waals surface area contributed by atoms with Crippen molar-refractivity contribution in [3.8, 4) is 5.69 Å². The summed E-state index contributed by atoms with van der Waals surface area (Å²) in [6.45, 7) is 12.0. The molecular weight excluding hydrogens is 246 g/mol. The first-order valence-electron chi connectivity index (χ1n) is 7.23. The Bertz CT molecular complexity index is 549. The smallest absolute Gasteiger partial charge is 0.207 e. The number of aryl methyl sites for hydroxylation is 1. The van der Waals surface area contributed by atoms with E-state index < -0.39 is 0 Å². The van der Waals surface area contributed by atoms with Gasteiger partial charge in [0.05, 0.1) is 5.69 Å². The molecule has 0 spiro atoms. The van der Waals surface area contributed by atoms with Crippen LogP contribution in [-0.4, -0.2) is 16.1 Å². The Hall–Kier alpha value is -1.77. The largest absolute Gasteiger partial charge is 0.355 e. The number of hydrogen-bond acceptors (Lipinski definition) is 2. The third kappa shape index (κ3) is 3.41. The minimum atomic E-state index is 0.298. The van der Waals surface area contributed by atoms with Crippen LogP contribution in [0.15, 0.2) is 36.5 Å². The molecule has 1 atom stereocenters. The molecular formula is C17H25N3. The number of rotatable bonds is 4. The topological polar surface area (TPSA) is 29.9 Å². The van der Waals surface area contributed by atoms with Crippen molar-refractivity contribution in [2.45, 2.75) is 34.6 Å². The van der Waals surface area contributed by atoms with Crippen LogP contribution in [0.25, 0.3) is 5.69 Å². The Labute approximate surface area is 122 Å². The first-order valence-corrected chi connectivity index (χ1v) is 7.23. The monoisotopic (exact) mass is 271 g/mol. The predicted molar refractivity (Wildman–Crippen MR) is 85.4 cm³/mol. The number of anilines is 1. The van der Waals surface area contributed by atoms with Gasteiger partial charge in [0.25, 0.3) is 0 Å². The second-order valence-corrected chi connectivity index (χ2v) is 6.56. The van der Waals surface area contributed by atoms with Gasteiger partial charge in [0.15, 0.2) is 0 Å². The third-order valence-electron chi connectivity index (χ3n) is 3.91. The van der Waals surface area contributed by atoms with Gasteiger partial charge < -0.3 is 5.32 Å². The Morgan fingerprint density at radius 1 is 1.20 bits per heavy atom. The molecule has 0 aliphatic heterocycles. The summed E-state index contributed by atoms with van der Waals surface area (Å²) in [7, 11) is 0. The van der Waals surface area contributed by atoms with Gasteiger partial charge in [-0.2, -0.15) is 0 Å². The molecule has 0 aliphatic rings. The summed E-state index contributed by atoms with van der Waals surface area (Å²) in [4.78, 5) is 4.59. The van der Waals surface area contributed by atoms with Crippen molar-refractivity contribution in [1.82, 2.24) is 9.55 Å². The van der Waals surface area contributed by atoms with E-state index in [-0.39, 0.29) is 0 Å². The van der Waals surface area contributed by atoms with Crippen molar-refractivity contribution in [1.29, 1.82) is 0 Å². The summed E-state index contributed by atoms with van der Waals surface area (Å²) in [5.74, 6) is 1.49. The lowest BCUT2D eigenvalue weighted by atomic mass is 9.82. The van der Waals surface area contributed by atoms with Crippen LogP contribution in [-0.2, 0) is 0 Å². The van der Waals surface area contributed by atoms with Crippen LogP contribution in [0.2, 0.25) is 0 Å². The molecule has 3 nitrogen and oxygen atoms in total. The van der Waals surface area contributed by atoms with Crippen molar-refractivity contribution in [3.63, 3.8) is 0 Å². The van der Waals surface area contributed by atoms with Crippen molar-refractivity contribution in [3.05, 3.63) is 42.2 Å². The Kier molecular flexibility index (Phi) is 4.17. The quantitative estimate of drug-likeness (QED) is 0.899. The highest BCUT2D eigenvalue weighted by Crippen LogP contribution is 2.26. The highest BCUT2D eigenvalue weighted by molar-refractivity contribution is 5.42. The maximum atomic E-state index is 4.59. The van der Waals surface area contributed by atoms with Gasteiger partial charge in [-0.05, 0) is 30.4 Å². The summed E-state index contributed by atoms with van der Waals surface area (Å²) in [5.41, 5.74) is 2.46. The molecule has 0 fully saturated rings. The molecule has 0 saturated heterocycles. The first-order chi connectivity index (χ1) is 9.38. The van der Waals surface area contributed by atoms with Gasteiger partial charge in [-0.15, -0.1) is 0 Å². The highest BCUT2D eigenvalue weighted by Gasteiger charge is 2.20. The van der Waals surface area contributed by atoms with Crippen LogP contribution in [0.4, 0.5) is 5.95 Å². The molecule has 1 aromatic carbocycles. The van der Waals surface area contributed by atoms with E-state index in [1.165, 1.54) is 0 Å². The molecule has 1 heterocycles. The molecule has 0 amide bonds. The molecule has 0 bridgehead atoms. The van der Waals surface area contributed by atoms with E-state index in [4.69, 9.17) is 0 Å². The molecule has 1 N–H and O–H groups in total. The van der Waals surface area contributed by atoms with E-state index in [0.29, 0.717) is 11.3 Å². The Morgan fingerprint density at radius 3 is 2.45 bits per heavy atom. The van der Waals surface area contributed by atoms with Crippen LogP contribution < -0.4 is 5.32 Å². The number of imidazole rings is 1. The lowest BCUT2D eigenvalue weighted by molar-refractivity contribution is 0.274. The molecule has 0 aliphatic carbocycles. The number of nitrogens with one attached hydrogen (secondary N) is 1. The van der Waals surface area contributed by atoms with Gasteiger partial charge in [-0.25, -0.2) is 4.98 Å². The van der Waals surface area contributed by atoms with Crippen molar-refractivity contribution in [2.75, 3.05) is 11.9 Å². The standard InChI is InChI=1S/C17H25N3/c1-13(17(3,4)5)11-18-16-19-14(2)12-20(16)15-9-7-6-8-10-15/h6-10,12-13H,11H2,1-5H3,(H,18,19). The zero-order chi connectivity index (χ0) is 14.8. The van der Waals surface area contributed by atoms with Gasteiger partial charge in [0.1, 0.15) is 0 Å². The minimum absolute atomic E-state index is 0.298. The predicted octanol–water partition coefficient (Wildman–Crippen LogP) is 4.27. The van der Waals surface area contributed by atoms with Gasteiger partial charge in [0, 0.05) is 18.4 Å². The van der Waals surface area contributed by atoms with E-state index in [1.54, 1.807) is 0 Å². The number of benzene rings is 1. The minimum Gasteiger partial charge on any atom is -0.355 e. The van der Waals surface area contributed by atoms with E-state index in [0.717, 1.165) is 23.9 Å². The summed E-state index contributed by atoms with van der Waals surface area (Å²) in [6, 6.07) is 10.3. The number of hydrogen-bond donors (Lipinski definition) is 1. The average Bonchev–Trinajstić information content (AvgIpc) is 2.77. The second kappa shape index (κ2) is 5.70. The lowest BCUT2D eigenvalue weighted by Crippen LogP contribution is -2.25. The third-order valence-corrected chi connectivity index (χ3v) is 3.91. The molecule has 20 heavy (non-hydrogen) atoms. The number of nitrogens with zero attached hydrogens (tertiary/aromatic N) is 2. The zero-order valence-corrected chi connectivity index (χ0v) is 13.1. The Morgan fingerprint density at radius 2 is 1.85 bits per heavy atom. The van der Waals surface area contributed by atoms with Crippen LogP contribution in [0.1, 0.15) is 33.4 Å². The normalized spacial score (nSPS) is 13.2. The molecule has 2 rings (SSSR count). The second-order valence-electron chi connectivity index (χ2n) is 6.56. The molecule has 2 aromatic rings. The summed E-state index contributed by atoms with van der Waals surface area (Å²) < 4.78 is 2.12. The molecule has 0 saturated carbocycles. The lowest BCUT2D eigenvalue weighted by Gasteiger charge is -2.27. The fourth-order valence-corrected chi connectivity index (χ4v) is 1.96. The van der Waals surface area contributed by atoms with Crippen LogP contribution in [0.5, 0.6) is 0 Å². The summed E-state index contributed by atoms with van der Waals surface area (Å²) in [5, 5.41) is 3.49. The fourth-order valence-electron chi connectivity index (χ4n) is 1.96. The maximum Gasteiger partial charge on any atom is 0.207 e. The number of para-hydroxylation sites is 1. The summed E-state index contributed by atoms with van der Waals surface area (Å²) in [6.07, 6.45) is 2.07. The van der Waals surface area contributed by atoms with E-state index in [2.05, 4.69) is 60.9 Å². The molecule has 1 unspecified atom stereocenters. The van der Waals surface area contributed by atoms with Crippen molar-refractivity contribution >= 4 is 5.95 Å². The Balaban J connectivity index is 2.17. The fraction of sp³-hybridized carbons (Fsp3) is 0.471. The molecule has 3 heteroatoms. The van der Waals surface area contributed by atoms with Gasteiger partial charge in [-0.3, -0.25) is 4.57 Å². The SMILES string of the molecule is Cc1cn(-c2ccccc2)c(NCC(C)C(C)(C)C)n1. The van der Waals surface area contributed by atoms with Crippen molar-refractivity contribution < 1.29 is 0 Å². The zero-order valence-electron chi connectivity index (χ0n) is 13.1. The van der Waals surface area contributed by atoms with E-state index in [9.17, 15) is 0 Å². The van der Waals surface area contributed by atoms with Gasteiger partial charge in [0.2, 0.25) is 5.95 Å². The molecule has 0 radical (unpaired) electrons. The van der Waals surface area contributed by atoms with E-state index in [1.807, 2.05) is 25.1 Å². The maximum absolute atomic E-state index is 4.59. The van der Waals surface area contributed by atoms with E-state index >= 15 is 0 Å². The van der Waals surface area contributed by atoms with Crippen LogP contribution in [0, 0.1) is 18.3 Å². The summed E-state index contributed by atoms with van der Waals surface area (Å²) >= 11 is 0. The molecule has 1 aromatic heterocycles. The average molecular weight is 271 g/mol. The number of aromatic nitrogens is 2. The first kappa shape index (κ1) is 14.6. The van der Waals surface area contributed by atoms with Crippen LogP contribution >= 0.6 is 0 Å². The molecule has 108 valence electrons. The highest BCUT2D eigenvalue weighted by atomic mass is 15.2. The van der Waals surface area contributed by atoms with Gasteiger partial charge >= 0.3 is 0 Å². The van der Waals surface area contributed by atoms with Gasteiger partial charge in [-0.1, -0.05) is 45.9 Å². The van der Waals surface area contributed by atoms with Crippen molar-refractivity contribution in [2.24, 2.45) is 11.3 Å².